The molecule has 1 aliphatic rings. The highest BCUT2D eigenvalue weighted by atomic mass is 32.2. The number of aryl methyl sites for hydroxylation is 2. The summed E-state index contributed by atoms with van der Waals surface area (Å²) in [7, 11) is -3.84. The topological polar surface area (TPSA) is 92.1 Å². The zero-order chi connectivity index (χ0) is 21.9. The first-order valence-corrected chi connectivity index (χ1v) is 11.5. The van der Waals surface area contributed by atoms with Crippen LogP contribution in [-0.2, 0) is 14.8 Å². The van der Waals surface area contributed by atoms with Crippen LogP contribution in [0.15, 0.2) is 39.8 Å². The second kappa shape index (κ2) is 9.15. The van der Waals surface area contributed by atoms with Crippen molar-refractivity contribution in [3.63, 3.8) is 0 Å². The van der Waals surface area contributed by atoms with E-state index in [1.807, 2.05) is 36.9 Å². The molecule has 0 unspecified atom stereocenters. The molecule has 3 rings (SSSR count). The third-order valence-corrected chi connectivity index (χ3v) is 6.95. The van der Waals surface area contributed by atoms with Gasteiger partial charge >= 0.3 is 5.97 Å². The summed E-state index contributed by atoms with van der Waals surface area (Å²) in [6.07, 6.45) is 0. The van der Waals surface area contributed by atoms with E-state index in [2.05, 4.69) is 5.32 Å². The molecule has 0 atom stereocenters. The van der Waals surface area contributed by atoms with Crippen molar-refractivity contribution in [2.24, 2.45) is 0 Å². The van der Waals surface area contributed by atoms with E-state index in [9.17, 15) is 13.2 Å². The van der Waals surface area contributed by atoms with Gasteiger partial charge in [-0.2, -0.15) is 4.31 Å². The summed E-state index contributed by atoms with van der Waals surface area (Å²) >= 11 is 5.52. The van der Waals surface area contributed by atoms with Gasteiger partial charge in [0.1, 0.15) is 0 Å². The number of ether oxygens (including phenoxy) is 1. The van der Waals surface area contributed by atoms with Crippen molar-refractivity contribution < 1.29 is 22.4 Å². The summed E-state index contributed by atoms with van der Waals surface area (Å²) in [5, 5.41) is 3.54. The van der Waals surface area contributed by atoms with Crippen LogP contribution in [-0.4, -0.2) is 61.5 Å². The minimum atomic E-state index is -3.84. The Morgan fingerprint density at radius 3 is 2.53 bits per heavy atom. The number of nitrogens with one attached hydrogen (secondary N) is 1. The lowest BCUT2D eigenvalue weighted by Crippen LogP contribution is -2.51. The lowest BCUT2D eigenvalue weighted by Gasteiger charge is -2.35. The molecule has 1 aromatic carbocycles. The number of carbonyl (C=O) groups is 1. The van der Waals surface area contributed by atoms with Crippen LogP contribution < -0.4 is 5.32 Å². The standard InChI is InChI=1S/C20H25N3O5S2/c1-4-27-19(24)17-7-8-18(28-17)30(25,26)23-11-9-22(10-12-23)20(29)21-16-13-14(2)5-6-15(16)3/h5-8,13H,4,9-12H2,1-3H3,(H,21,29). The van der Waals surface area contributed by atoms with Crippen molar-refractivity contribution in [1.29, 1.82) is 0 Å². The lowest BCUT2D eigenvalue weighted by molar-refractivity contribution is 0.0483. The summed E-state index contributed by atoms with van der Waals surface area (Å²) in [5.41, 5.74) is 3.15. The highest BCUT2D eigenvalue weighted by Crippen LogP contribution is 2.22. The molecule has 1 N–H and O–H groups in total. The first-order chi connectivity index (χ1) is 14.2. The minimum Gasteiger partial charge on any atom is -0.460 e. The molecule has 2 heterocycles. The maximum absolute atomic E-state index is 12.8. The number of thiocarbonyl (C=S) groups is 1. The number of carbonyl (C=O) groups excluding carboxylic acids is 1. The maximum atomic E-state index is 12.8. The molecule has 1 fully saturated rings. The molecule has 2 aromatic rings. The number of furan rings is 1. The molecule has 1 aromatic heterocycles. The van der Waals surface area contributed by atoms with Crippen LogP contribution in [0, 0.1) is 13.8 Å². The quantitative estimate of drug-likeness (QED) is 0.548. The first kappa shape index (κ1) is 22.3. The molecule has 10 heteroatoms. The van der Waals surface area contributed by atoms with Crippen LogP contribution in [0.4, 0.5) is 5.69 Å². The van der Waals surface area contributed by atoms with Crippen molar-refractivity contribution in [2.75, 3.05) is 38.1 Å². The Kier molecular flexibility index (Phi) is 6.79. The normalized spacial score (nSPS) is 15.1. The SMILES string of the molecule is CCOC(=O)c1ccc(S(=O)(=O)N2CCN(C(=S)Nc3cc(C)ccc3C)CC2)o1. The van der Waals surface area contributed by atoms with Crippen LogP contribution >= 0.6 is 12.2 Å². The summed E-state index contributed by atoms with van der Waals surface area (Å²) < 4.78 is 37.1. The molecule has 30 heavy (non-hydrogen) atoms. The van der Waals surface area contributed by atoms with Crippen LogP contribution in [0.2, 0.25) is 0 Å². The zero-order valence-corrected chi connectivity index (χ0v) is 18.8. The highest BCUT2D eigenvalue weighted by molar-refractivity contribution is 7.89. The largest absolute Gasteiger partial charge is 0.460 e. The number of benzene rings is 1. The van der Waals surface area contributed by atoms with Gasteiger partial charge in [-0.3, -0.25) is 0 Å². The molecule has 0 spiro atoms. The fraction of sp³-hybridized carbons (Fsp3) is 0.400. The van der Waals surface area contributed by atoms with Crippen LogP contribution in [0.3, 0.4) is 0 Å². The summed E-state index contributed by atoms with van der Waals surface area (Å²) in [4.78, 5) is 13.7. The number of piperazine rings is 1. The van der Waals surface area contributed by atoms with Gasteiger partial charge in [0.05, 0.1) is 6.61 Å². The molecule has 0 amide bonds. The number of hydrogen-bond donors (Lipinski definition) is 1. The Hall–Kier alpha value is -2.43. The number of anilines is 1. The van der Waals surface area contributed by atoms with E-state index in [0.717, 1.165) is 16.8 Å². The second-order valence-electron chi connectivity index (χ2n) is 6.98. The molecule has 1 saturated heterocycles. The third-order valence-electron chi connectivity index (χ3n) is 4.81. The van der Waals surface area contributed by atoms with Gasteiger partial charge in [-0.15, -0.1) is 0 Å². The molecule has 1 aliphatic heterocycles. The Labute approximate surface area is 181 Å². The smallest absolute Gasteiger partial charge is 0.374 e. The van der Waals surface area contributed by atoms with Crippen molar-refractivity contribution in [1.82, 2.24) is 9.21 Å². The molecule has 0 radical (unpaired) electrons. The van der Waals surface area contributed by atoms with E-state index < -0.39 is 16.0 Å². The molecule has 162 valence electrons. The predicted octanol–water partition coefficient (Wildman–Crippen LogP) is 2.78. The van der Waals surface area contributed by atoms with Crippen LogP contribution in [0.25, 0.3) is 0 Å². The van der Waals surface area contributed by atoms with E-state index in [1.54, 1.807) is 6.92 Å². The Morgan fingerprint density at radius 1 is 1.17 bits per heavy atom. The number of hydrogen-bond acceptors (Lipinski definition) is 6. The summed E-state index contributed by atoms with van der Waals surface area (Å²) in [6, 6.07) is 8.68. The zero-order valence-electron chi connectivity index (χ0n) is 17.2. The van der Waals surface area contributed by atoms with E-state index in [0.29, 0.717) is 18.2 Å². The number of rotatable bonds is 5. The van der Waals surface area contributed by atoms with Gasteiger partial charge < -0.3 is 19.4 Å². The van der Waals surface area contributed by atoms with Gasteiger partial charge in [-0.1, -0.05) is 12.1 Å². The van der Waals surface area contributed by atoms with Gasteiger partial charge in [0.2, 0.25) is 10.9 Å². The van der Waals surface area contributed by atoms with Gasteiger partial charge in [-0.05, 0) is 62.3 Å². The third kappa shape index (κ3) is 4.82. The average Bonchev–Trinajstić information content (AvgIpc) is 3.22. The number of nitrogens with zero attached hydrogens (tertiary/aromatic N) is 2. The van der Waals surface area contributed by atoms with Crippen LogP contribution in [0.5, 0.6) is 0 Å². The number of sulfonamides is 1. The first-order valence-electron chi connectivity index (χ1n) is 9.62. The molecular formula is C20H25N3O5S2. The molecule has 0 bridgehead atoms. The predicted molar refractivity (Wildman–Crippen MR) is 117 cm³/mol. The molecule has 0 aliphatic carbocycles. The molecular weight excluding hydrogens is 426 g/mol. The van der Waals surface area contributed by atoms with Crippen molar-refractivity contribution in [2.45, 2.75) is 25.9 Å². The van der Waals surface area contributed by atoms with Crippen molar-refractivity contribution in [3.05, 3.63) is 47.2 Å². The van der Waals surface area contributed by atoms with E-state index >= 15 is 0 Å². The Bertz CT molecular complexity index is 1040. The van der Waals surface area contributed by atoms with Crippen molar-refractivity contribution in [3.8, 4) is 0 Å². The lowest BCUT2D eigenvalue weighted by atomic mass is 10.1. The fourth-order valence-electron chi connectivity index (χ4n) is 3.09. The van der Waals surface area contributed by atoms with E-state index in [-0.39, 0.29) is 30.5 Å². The number of esters is 1. The Morgan fingerprint density at radius 2 is 1.87 bits per heavy atom. The maximum Gasteiger partial charge on any atom is 0.374 e. The van der Waals surface area contributed by atoms with Crippen molar-refractivity contribution >= 4 is 39.0 Å². The summed E-state index contributed by atoms with van der Waals surface area (Å²) in [6.45, 7) is 7.26. The monoisotopic (exact) mass is 451 g/mol. The van der Waals surface area contributed by atoms with E-state index in [4.69, 9.17) is 21.4 Å². The minimum absolute atomic E-state index is 0.132. The summed E-state index contributed by atoms with van der Waals surface area (Å²) in [5.74, 6) is -0.820. The molecule has 8 nitrogen and oxygen atoms in total. The molecule has 0 saturated carbocycles. The van der Waals surface area contributed by atoms with Crippen LogP contribution in [0.1, 0.15) is 28.6 Å². The van der Waals surface area contributed by atoms with E-state index in [1.165, 1.54) is 16.4 Å². The fourth-order valence-corrected chi connectivity index (χ4v) is 4.72. The van der Waals surface area contributed by atoms with Gasteiger partial charge in [0.25, 0.3) is 10.0 Å². The highest BCUT2D eigenvalue weighted by Gasteiger charge is 2.32. The van der Waals surface area contributed by atoms with Gasteiger partial charge in [0.15, 0.2) is 5.11 Å². The van der Waals surface area contributed by atoms with Gasteiger partial charge in [0, 0.05) is 31.9 Å². The Balaban J connectivity index is 1.62. The average molecular weight is 452 g/mol. The second-order valence-corrected chi connectivity index (χ2v) is 9.23. The van der Waals surface area contributed by atoms with Gasteiger partial charge in [-0.25, -0.2) is 13.2 Å².